The van der Waals surface area contributed by atoms with Gasteiger partial charge in [-0.1, -0.05) is 0 Å². The molecule has 2 aromatic rings. The molecule has 8 heteroatoms. The van der Waals surface area contributed by atoms with Gasteiger partial charge >= 0.3 is 11.9 Å². The molecule has 31 heavy (non-hydrogen) atoms. The van der Waals surface area contributed by atoms with Gasteiger partial charge in [-0.25, -0.2) is 4.79 Å². The summed E-state index contributed by atoms with van der Waals surface area (Å²) >= 11 is 0. The second kappa shape index (κ2) is 9.88. The van der Waals surface area contributed by atoms with Gasteiger partial charge < -0.3 is 19.1 Å². The Morgan fingerprint density at radius 2 is 1.61 bits per heavy atom. The van der Waals surface area contributed by atoms with E-state index in [2.05, 4.69) is 0 Å². The van der Waals surface area contributed by atoms with Crippen molar-refractivity contribution in [3.63, 3.8) is 0 Å². The summed E-state index contributed by atoms with van der Waals surface area (Å²) in [5.74, 6) is -1.65. The van der Waals surface area contributed by atoms with Gasteiger partial charge in [-0.15, -0.1) is 0 Å². The highest BCUT2D eigenvalue weighted by molar-refractivity contribution is 6.01. The van der Waals surface area contributed by atoms with Crippen molar-refractivity contribution in [3.8, 4) is 5.75 Å². The van der Waals surface area contributed by atoms with Crippen LogP contribution >= 0.6 is 0 Å². The standard InChI is InChI=1S/C23H23NO7/c1-3-30-22(27)16-4-8-18(9-5-16)24-13-17(12-21(24)26)23(28)31-14-20(25)15-6-10-19(29-2)11-7-15/h4-11,17H,3,12-14H2,1-2H3/t17-/m0/s1. The van der Waals surface area contributed by atoms with Gasteiger partial charge in [0.25, 0.3) is 0 Å². The van der Waals surface area contributed by atoms with Crippen molar-refractivity contribution in [3.05, 3.63) is 59.7 Å². The van der Waals surface area contributed by atoms with E-state index in [1.165, 1.54) is 12.0 Å². The number of methoxy groups -OCH3 is 1. The average Bonchev–Trinajstić information content (AvgIpc) is 3.19. The maximum atomic E-state index is 12.4. The fourth-order valence-corrected chi connectivity index (χ4v) is 3.22. The predicted octanol–water partition coefficient (Wildman–Crippen LogP) is 2.65. The van der Waals surface area contributed by atoms with Gasteiger partial charge in [-0.05, 0) is 55.5 Å². The highest BCUT2D eigenvalue weighted by atomic mass is 16.5. The molecule has 0 aliphatic carbocycles. The lowest BCUT2D eigenvalue weighted by Crippen LogP contribution is -2.27. The van der Waals surface area contributed by atoms with Crippen LogP contribution < -0.4 is 9.64 Å². The Morgan fingerprint density at radius 3 is 2.23 bits per heavy atom. The molecular weight excluding hydrogens is 402 g/mol. The van der Waals surface area contributed by atoms with Crippen LogP contribution in [0, 0.1) is 5.92 Å². The number of carbonyl (C=O) groups excluding carboxylic acids is 4. The monoisotopic (exact) mass is 425 g/mol. The number of anilines is 1. The normalized spacial score (nSPS) is 15.5. The number of hydrogen-bond donors (Lipinski definition) is 0. The van der Waals surface area contributed by atoms with Gasteiger partial charge in [0.1, 0.15) is 5.75 Å². The molecule has 2 aromatic carbocycles. The van der Waals surface area contributed by atoms with Crippen LogP contribution in [0.5, 0.6) is 5.75 Å². The highest BCUT2D eigenvalue weighted by Gasteiger charge is 2.36. The van der Waals surface area contributed by atoms with Crippen LogP contribution in [0.4, 0.5) is 5.69 Å². The van der Waals surface area contributed by atoms with Crippen LogP contribution in [0.15, 0.2) is 48.5 Å². The Kier molecular flexibility index (Phi) is 7.02. The molecular formula is C23H23NO7. The Bertz CT molecular complexity index is 966. The van der Waals surface area contributed by atoms with E-state index in [9.17, 15) is 19.2 Å². The molecule has 1 atom stereocenters. The summed E-state index contributed by atoms with van der Waals surface area (Å²) in [4.78, 5) is 50.2. The lowest BCUT2D eigenvalue weighted by Gasteiger charge is -2.17. The molecule has 0 unspecified atom stereocenters. The van der Waals surface area contributed by atoms with Gasteiger partial charge in [-0.2, -0.15) is 0 Å². The van der Waals surface area contributed by atoms with Crippen LogP contribution in [0.2, 0.25) is 0 Å². The average molecular weight is 425 g/mol. The molecule has 1 saturated heterocycles. The molecule has 1 fully saturated rings. The van der Waals surface area contributed by atoms with Gasteiger partial charge in [0.2, 0.25) is 5.91 Å². The predicted molar refractivity (Wildman–Crippen MR) is 111 cm³/mol. The molecule has 0 N–H and O–H groups in total. The maximum absolute atomic E-state index is 12.4. The van der Waals surface area contributed by atoms with E-state index in [0.29, 0.717) is 22.6 Å². The number of rotatable bonds is 8. The minimum atomic E-state index is -0.666. The van der Waals surface area contributed by atoms with Crippen molar-refractivity contribution < 1.29 is 33.4 Å². The quantitative estimate of drug-likeness (QED) is 0.474. The zero-order valence-corrected chi connectivity index (χ0v) is 17.3. The molecule has 1 aliphatic rings. The summed E-state index contributed by atoms with van der Waals surface area (Å²) in [5, 5.41) is 0. The summed E-state index contributed by atoms with van der Waals surface area (Å²) in [5.41, 5.74) is 1.35. The number of Topliss-reactive ketones (excluding diaryl/α,β-unsaturated/α-hetero) is 1. The third-order valence-corrected chi connectivity index (χ3v) is 4.91. The van der Waals surface area contributed by atoms with Crippen molar-refractivity contribution in [1.29, 1.82) is 0 Å². The lowest BCUT2D eigenvalue weighted by atomic mass is 10.1. The zero-order chi connectivity index (χ0) is 22.4. The van der Waals surface area contributed by atoms with Gasteiger partial charge in [-0.3, -0.25) is 14.4 Å². The Hall–Kier alpha value is -3.68. The molecule has 1 heterocycles. The number of hydrogen-bond acceptors (Lipinski definition) is 7. The first-order valence-corrected chi connectivity index (χ1v) is 9.84. The lowest BCUT2D eigenvalue weighted by molar-refractivity contribution is -0.147. The van der Waals surface area contributed by atoms with E-state index < -0.39 is 24.5 Å². The minimum Gasteiger partial charge on any atom is -0.497 e. The Morgan fingerprint density at radius 1 is 0.968 bits per heavy atom. The molecule has 0 saturated carbocycles. The topological polar surface area (TPSA) is 99.2 Å². The molecule has 0 radical (unpaired) electrons. The number of benzene rings is 2. The molecule has 8 nitrogen and oxygen atoms in total. The second-order valence-electron chi connectivity index (χ2n) is 6.93. The molecule has 1 amide bonds. The van der Waals surface area contributed by atoms with Gasteiger partial charge in [0.15, 0.2) is 12.4 Å². The van der Waals surface area contributed by atoms with E-state index in [-0.39, 0.29) is 31.3 Å². The van der Waals surface area contributed by atoms with E-state index >= 15 is 0 Å². The first kappa shape index (κ1) is 22.0. The van der Waals surface area contributed by atoms with Crippen LogP contribution in [0.1, 0.15) is 34.1 Å². The number of ketones is 1. The minimum absolute atomic E-state index is 0.00477. The first-order valence-electron chi connectivity index (χ1n) is 9.84. The van der Waals surface area contributed by atoms with Crippen LogP contribution in [0.3, 0.4) is 0 Å². The van der Waals surface area contributed by atoms with Crippen LogP contribution in [-0.4, -0.2) is 50.5 Å². The number of ether oxygens (including phenoxy) is 3. The number of carbonyl (C=O) groups is 4. The molecule has 3 rings (SSSR count). The summed E-state index contributed by atoms with van der Waals surface area (Å²) in [6, 6.07) is 12.9. The smallest absolute Gasteiger partial charge is 0.338 e. The van der Waals surface area contributed by atoms with E-state index in [1.54, 1.807) is 55.5 Å². The van der Waals surface area contributed by atoms with Crippen molar-refractivity contribution >= 4 is 29.3 Å². The van der Waals surface area contributed by atoms with E-state index in [0.717, 1.165) is 0 Å². The highest BCUT2D eigenvalue weighted by Crippen LogP contribution is 2.26. The SMILES string of the molecule is CCOC(=O)c1ccc(N2C[C@@H](C(=O)OCC(=O)c3ccc(OC)cc3)CC2=O)cc1. The fraction of sp³-hybridized carbons (Fsp3) is 0.304. The molecule has 1 aliphatic heterocycles. The second-order valence-corrected chi connectivity index (χ2v) is 6.93. The summed E-state index contributed by atoms with van der Waals surface area (Å²) in [6.45, 7) is 1.74. The largest absolute Gasteiger partial charge is 0.497 e. The number of amides is 1. The molecule has 162 valence electrons. The number of esters is 2. The number of nitrogens with zero attached hydrogens (tertiary/aromatic N) is 1. The van der Waals surface area contributed by atoms with Crippen molar-refractivity contribution in [2.24, 2.45) is 5.92 Å². The van der Waals surface area contributed by atoms with Crippen molar-refractivity contribution in [2.45, 2.75) is 13.3 Å². The maximum Gasteiger partial charge on any atom is 0.338 e. The van der Waals surface area contributed by atoms with Crippen LogP contribution in [0.25, 0.3) is 0 Å². The Balaban J connectivity index is 1.55. The summed E-state index contributed by atoms with van der Waals surface area (Å²) in [7, 11) is 1.53. The summed E-state index contributed by atoms with van der Waals surface area (Å²) in [6.07, 6.45) is -0.00477. The van der Waals surface area contributed by atoms with Gasteiger partial charge in [0.05, 0.1) is 25.2 Å². The van der Waals surface area contributed by atoms with Crippen LogP contribution in [-0.2, 0) is 19.1 Å². The van der Waals surface area contributed by atoms with Crippen molar-refractivity contribution in [2.75, 3.05) is 31.8 Å². The third-order valence-electron chi connectivity index (χ3n) is 4.91. The first-order chi connectivity index (χ1) is 14.9. The molecule has 0 bridgehead atoms. The molecule has 0 spiro atoms. The summed E-state index contributed by atoms with van der Waals surface area (Å²) < 4.78 is 15.1. The van der Waals surface area contributed by atoms with E-state index in [1.807, 2.05) is 0 Å². The van der Waals surface area contributed by atoms with Crippen molar-refractivity contribution in [1.82, 2.24) is 0 Å². The van der Waals surface area contributed by atoms with E-state index in [4.69, 9.17) is 14.2 Å². The third kappa shape index (κ3) is 5.28. The fourth-order valence-electron chi connectivity index (χ4n) is 3.22. The Labute approximate surface area is 179 Å². The van der Waals surface area contributed by atoms with Gasteiger partial charge in [0, 0.05) is 24.2 Å². The zero-order valence-electron chi connectivity index (χ0n) is 17.3. The molecule has 0 aromatic heterocycles.